The van der Waals surface area contributed by atoms with Crippen LogP contribution in [0.1, 0.15) is 45.6 Å². The molecular weight excluding hydrogens is 244 g/mol. The highest BCUT2D eigenvalue weighted by Gasteiger charge is 2.30. The second-order valence-corrected chi connectivity index (χ2v) is 6.61. The van der Waals surface area contributed by atoms with Gasteiger partial charge in [0.2, 0.25) is 0 Å². The van der Waals surface area contributed by atoms with Gasteiger partial charge in [0.25, 0.3) is 0 Å². The molecule has 20 heavy (non-hydrogen) atoms. The monoisotopic (exact) mass is 274 g/mol. The Bertz CT molecular complexity index is 390. The van der Waals surface area contributed by atoms with E-state index < -0.39 is 0 Å². The molecule has 0 amide bonds. The molecule has 1 aliphatic rings. The summed E-state index contributed by atoms with van der Waals surface area (Å²) in [4.78, 5) is 2.66. The minimum atomic E-state index is 0.0870. The van der Waals surface area contributed by atoms with E-state index in [4.69, 9.17) is 0 Å². The van der Waals surface area contributed by atoms with E-state index in [9.17, 15) is 0 Å². The normalized spacial score (nSPS) is 26.1. The number of nitrogens with one attached hydrogen (secondary N) is 1. The molecule has 1 heterocycles. The molecule has 0 radical (unpaired) electrons. The quantitative estimate of drug-likeness (QED) is 0.882. The molecule has 0 spiro atoms. The predicted octanol–water partition coefficient (Wildman–Crippen LogP) is 3.63. The van der Waals surface area contributed by atoms with Gasteiger partial charge in [0.15, 0.2) is 0 Å². The van der Waals surface area contributed by atoms with E-state index in [0.717, 1.165) is 19.0 Å². The van der Waals surface area contributed by atoms with Gasteiger partial charge in [0.1, 0.15) is 0 Å². The third kappa shape index (κ3) is 4.07. The molecule has 2 nitrogen and oxygen atoms in total. The maximum Gasteiger partial charge on any atom is 0.0534 e. The van der Waals surface area contributed by atoms with E-state index in [-0.39, 0.29) is 5.54 Å². The lowest BCUT2D eigenvalue weighted by molar-refractivity contribution is 0.192. The Balaban J connectivity index is 2.06. The Morgan fingerprint density at radius 1 is 1.30 bits per heavy atom. The summed E-state index contributed by atoms with van der Waals surface area (Å²) >= 11 is 0. The second-order valence-electron chi connectivity index (χ2n) is 6.61. The highest BCUT2D eigenvalue weighted by molar-refractivity contribution is 5.24. The van der Waals surface area contributed by atoms with E-state index >= 15 is 0 Å². The first-order valence-electron chi connectivity index (χ1n) is 8.17. The number of nitrogens with zero attached hydrogens (tertiary/aromatic N) is 1. The average molecular weight is 274 g/mol. The third-order valence-electron chi connectivity index (χ3n) is 4.47. The number of benzene rings is 1. The van der Waals surface area contributed by atoms with Crippen LogP contribution >= 0.6 is 0 Å². The molecule has 1 fully saturated rings. The second kappa shape index (κ2) is 7.24. The van der Waals surface area contributed by atoms with Crippen molar-refractivity contribution in [3.63, 3.8) is 0 Å². The molecule has 112 valence electrons. The first-order valence-corrected chi connectivity index (χ1v) is 8.17. The molecule has 0 bridgehead atoms. The predicted molar refractivity (Wildman–Crippen MR) is 86.9 cm³/mol. The summed E-state index contributed by atoms with van der Waals surface area (Å²) in [5.74, 6) is 0.804. The van der Waals surface area contributed by atoms with Crippen LogP contribution in [0.4, 0.5) is 0 Å². The van der Waals surface area contributed by atoms with Gasteiger partial charge in [-0.1, -0.05) is 50.6 Å². The van der Waals surface area contributed by atoms with Gasteiger partial charge in [-0.3, -0.25) is 0 Å². The van der Waals surface area contributed by atoms with Gasteiger partial charge in [-0.05, 0) is 44.3 Å². The van der Waals surface area contributed by atoms with Crippen molar-refractivity contribution < 1.29 is 0 Å². The van der Waals surface area contributed by atoms with Crippen molar-refractivity contribution >= 4 is 0 Å². The van der Waals surface area contributed by atoms with E-state index in [1.807, 2.05) is 0 Å². The average Bonchev–Trinajstić information content (AvgIpc) is 2.63. The largest absolute Gasteiger partial charge is 0.307 e. The van der Waals surface area contributed by atoms with E-state index in [2.05, 4.69) is 61.3 Å². The first-order chi connectivity index (χ1) is 9.64. The minimum Gasteiger partial charge on any atom is -0.307 e. The van der Waals surface area contributed by atoms with Crippen molar-refractivity contribution in [3.05, 3.63) is 35.9 Å². The Morgan fingerprint density at radius 2 is 2.05 bits per heavy atom. The van der Waals surface area contributed by atoms with Gasteiger partial charge < -0.3 is 10.2 Å². The number of hydrogen-bond donors (Lipinski definition) is 1. The van der Waals surface area contributed by atoms with Gasteiger partial charge in [0.05, 0.1) is 5.54 Å². The highest BCUT2D eigenvalue weighted by atomic mass is 15.2. The summed E-state index contributed by atoms with van der Waals surface area (Å²) in [6.07, 6.45) is 3.89. The zero-order valence-corrected chi connectivity index (χ0v) is 13.4. The van der Waals surface area contributed by atoms with Gasteiger partial charge >= 0.3 is 0 Å². The summed E-state index contributed by atoms with van der Waals surface area (Å²) in [5, 5.41) is 3.77. The maximum atomic E-state index is 3.77. The Morgan fingerprint density at radius 3 is 2.75 bits per heavy atom. The van der Waals surface area contributed by atoms with Gasteiger partial charge in [-0.15, -0.1) is 0 Å². The molecule has 1 N–H and O–H groups in total. The van der Waals surface area contributed by atoms with Crippen LogP contribution in [0.5, 0.6) is 0 Å². The van der Waals surface area contributed by atoms with Crippen molar-refractivity contribution in [2.75, 3.05) is 26.2 Å². The summed E-state index contributed by atoms with van der Waals surface area (Å²) in [5.41, 5.74) is 1.50. The molecule has 1 saturated heterocycles. The van der Waals surface area contributed by atoms with Crippen molar-refractivity contribution in [3.8, 4) is 0 Å². The van der Waals surface area contributed by atoms with E-state index in [1.165, 1.54) is 37.9 Å². The molecule has 2 rings (SSSR count). The zero-order valence-electron chi connectivity index (χ0n) is 13.4. The summed E-state index contributed by atoms with van der Waals surface area (Å²) in [7, 11) is 0. The lowest BCUT2D eigenvalue weighted by atomic mass is 9.91. The van der Waals surface area contributed by atoms with Crippen LogP contribution in [0.3, 0.4) is 0 Å². The molecular formula is C18H30N2. The van der Waals surface area contributed by atoms with Gasteiger partial charge in [0, 0.05) is 13.1 Å². The van der Waals surface area contributed by atoms with Crippen molar-refractivity contribution in [2.24, 2.45) is 5.92 Å². The van der Waals surface area contributed by atoms with Crippen molar-refractivity contribution in [1.29, 1.82) is 0 Å². The molecule has 2 unspecified atom stereocenters. The third-order valence-corrected chi connectivity index (χ3v) is 4.47. The summed E-state index contributed by atoms with van der Waals surface area (Å²) in [6.45, 7) is 11.7. The zero-order chi connectivity index (χ0) is 14.4. The topological polar surface area (TPSA) is 15.3 Å². The van der Waals surface area contributed by atoms with Crippen molar-refractivity contribution in [2.45, 2.75) is 45.6 Å². The number of hydrogen-bond acceptors (Lipinski definition) is 2. The fourth-order valence-corrected chi connectivity index (χ4v) is 3.43. The fraction of sp³-hybridized carbons (Fsp3) is 0.667. The van der Waals surface area contributed by atoms with E-state index in [1.54, 1.807) is 0 Å². The van der Waals surface area contributed by atoms with E-state index in [0.29, 0.717) is 0 Å². The highest BCUT2D eigenvalue weighted by Crippen LogP contribution is 2.24. The first kappa shape index (κ1) is 15.5. The standard InChI is InChI=1S/C18H30N2/c1-4-9-16(2)14-20-13-8-12-19-18(3,15-20)17-10-6-5-7-11-17/h5-7,10-11,16,19H,4,8-9,12-15H2,1-3H3. The summed E-state index contributed by atoms with van der Waals surface area (Å²) < 4.78 is 0. The summed E-state index contributed by atoms with van der Waals surface area (Å²) in [6, 6.07) is 10.9. The molecule has 1 aromatic carbocycles. The van der Waals surface area contributed by atoms with Crippen LogP contribution in [-0.4, -0.2) is 31.1 Å². The van der Waals surface area contributed by atoms with Crippen LogP contribution < -0.4 is 5.32 Å². The molecule has 2 atom stereocenters. The van der Waals surface area contributed by atoms with Crippen LogP contribution in [0.25, 0.3) is 0 Å². The minimum absolute atomic E-state index is 0.0870. The molecule has 2 heteroatoms. The van der Waals surface area contributed by atoms with Crippen LogP contribution in [0.15, 0.2) is 30.3 Å². The molecule has 0 saturated carbocycles. The number of rotatable bonds is 5. The van der Waals surface area contributed by atoms with Crippen LogP contribution in [0, 0.1) is 5.92 Å². The molecule has 1 aromatic rings. The molecule has 0 aliphatic carbocycles. The Kier molecular flexibility index (Phi) is 5.62. The van der Waals surface area contributed by atoms with Gasteiger partial charge in [-0.2, -0.15) is 0 Å². The smallest absolute Gasteiger partial charge is 0.0534 e. The maximum absolute atomic E-state index is 3.77. The SMILES string of the molecule is CCCC(C)CN1CCCNC(C)(c2ccccc2)C1. The van der Waals surface area contributed by atoms with Crippen LogP contribution in [0.2, 0.25) is 0 Å². The van der Waals surface area contributed by atoms with Crippen molar-refractivity contribution in [1.82, 2.24) is 10.2 Å². The van der Waals surface area contributed by atoms with Crippen LogP contribution in [-0.2, 0) is 5.54 Å². The lowest BCUT2D eigenvalue weighted by Crippen LogP contribution is -2.47. The van der Waals surface area contributed by atoms with Gasteiger partial charge in [-0.25, -0.2) is 0 Å². The molecule has 1 aliphatic heterocycles. The molecule has 0 aromatic heterocycles. The Labute approximate surface area is 124 Å². The fourth-order valence-electron chi connectivity index (χ4n) is 3.43. The lowest BCUT2D eigenvalue weighted by Gasteiger charge is -2.35. The Hall–Kier alpha value is -0.860.